The minimum Gasteiger partial charge on any atom is -0.507 e. The van der Waals surface area contributed by atoms with Gasteiger partial charge in [0, 0.05) is 22.4 Å². The molecule has 1 fully saturated rings. The summed E-state index contributed by atoms with van der Waals surface area (Å²) in [7, 11) is 1.62. The maximum absolute atomic E-state index is 13.1. The van der Waals surface area contributed by atoms with Gasteiger partial charge in [0.1, 0.15) is 11.5 Å². The second-order valence-corrected chi connectivity index (χ2v) is 7.74. The zero-order chi connectivity index (χ0) is 20.2. The van der Waals surface area contributed by atoms with E-state index in [1.54, 1.807) is 7.11 Å². The van der Waals surface area contributed by atoms with Crippen LogP contribution in [-0.4, -0.2) is 18.1 Å². The molecule has 3 aromatic rings. The molecule has 0 aliphatic heterocycles. The summed E-state index contributed by atoms with van der Waals surface area (Å²) in [6.07, 6.45) is 5.24. The molecule has 0 aromatic heterocycles. The molecule has 1 aliphatic carbocycles. The number of fused-ring (bicyclic) bond motifs is 1. The van der Waals surface area contributed by atoms with Gasteiger partial charge in [-0.05, 0) is 24.3 Å². The van der Waals surface area contributed by atoms with Gasteiger partial charge in [-0.1, -0.05) is 73.9 Å². The summed E-state index contributed by atoms with van der Waals surface area (Å²) >= 11 is 0. The van der Waals surface area contributed by atoms with Crippen molar-refractivity contribution in [3.05, 3.63) is 71.8 Å². The highest BCUT2D eigenvalue weighted by Gasteiger charge is 2.28. The van der Waals surface area contributed by atoms with Crippen LogP contribution in [0.5, 0.6) is 11.5 Å². The molecule has 2 N–H and O–H groups in total. The Morgan fingerprint density at radius 3 is 2.48 bits per heavy atom. The van der Waals surface area contributed by atoms with Crippen LogP contribution in [0.15, 0.2) is 60.7 Å². The number of nitrogens with one attached hydrogen (secondary N) is 1. The van der Waals surface area contributed by atoms with Crippen molar-refractivity contribution in [1.29, 1.82) is 0 Å². The first kappa shape index (κ1) is 19.3. The Bertz CT molecular complexity index is 1010. The molecule has 1 aliphatic rings. The fourth-order valence-electron chi connectivity index (χ4n) is 4.36. The maximum Gasteiger partial charge on any atom is 0.223 e. The first-order chi connectivity index (χ1) is 14.2. The lowest BCUT2D eigenvalue weighted by Gasteiger charge is -2.27. The predicted octanol–water partition coefficient (Wildman–Crippen LogP) is 5.34. The standard InChI is InChI=1S/C25H27NO3/c1-29-22-14-8-7-13-20(22)23(26-25(28)18-10-3-2-4-11-18)21-16-15-17-9-5-6-12-19(17)24(21)27/h5-9,12-16,18,23,27H,2-4,10-11H2,1H3,(H,26,28)/t23-/m1/s1. The van der Waals surface area contributed by atoms with E-state index >= 15 is 0 Å². The lowest BCUT2D eigenvalue weighted by molar-refractivity contribution is -0.126. The third-order valence-electron chi connectivity index (χ3n) is 5.96. The molecule has 1 amide bonds. The van der Waals surface area contributed by atoms with Gasteiger partial charge < -0.3 is 15.2 Å². The number of phenols is 1. The third kappa shape index (κ3) is 3.93. The van der Waals surface area contributed by atoms with Gasteiger partial charge in [0.2, 0.25) is 5.91 Å². The van der Waals surface area contributed by atoms with E-state index < -0.39 is 6.04 Å². The molecule has 0 saturated heterocycles. The van der Waals surface area contributed by atoms with Crippen LogP contribution >= 0.6 is 0 Å². The normalized spacial score (nSPS) is 15.8. The SMILES string of the molecule is COc1ccccc1[C@@H](NC(=O)C1CCCCC1)c1ccc2ccccc2c1O. The molecule has 0 unspecified atom stereocenters. The number of amides is 1. The first-order valence-electron chi connectivity index (χ1n) is 10.3. The number of para-hydroxylation sites is 1. The summed E-state index contributed by atoms with van der Waals surface area (Å²) in [5.41, 5.74) is 1.52. The summed E-state index contributed by atoms with van der Waals surface area (Å²) in [6.45, 7) is 0. The van der Waals surface area contributed by atoms with E-state index in [1.807, 2.05) is 60.7 Å². The van der Waals surface area contributed by atoms with Crippen molar-refractivity contribution in [3.8, 4) is 11.5 Å². The number of rotatable bonds is 5. The Balaban J connectivity index is 1.78. The smallest absolute Gasteiger partial charge is 0.223 e. The highest BCUT2D eigenvalue weighted by molar-refractivity contribution is 5.90. The summed E-state index contributed by atoms with van der Waals surface area (Å²) in [5.74, 6) is 0.966. The number of aromatic hydroxyl groups is 1. The molecule has 4 heteroatoms. The van der Waals surface area contributed by atoms with Crippen LogP contribution in [0, 0.1) is 5.92 Å². The van der Waals surface area contributed by atoms with Gasteiger partial charge in [0.15, 0.2) is 0 Å². The molecule has 3 aromatic carbocycles. The summed E-state index contributed by atoms with van der Waals surface area (Å²) in [4.78, 5) is 13.1. The average Bonchev–Trinajstić information content (AvgIpc) is 2.79. The van der Waals surface area contributed by atoms with Gasteiger partial charge in [0.05, 0.1) is 13.2 Å². The molecular formula is C25H27NO3. The second-order valence-electron chi connectivity index (χ2n) is 7.74. The summed E-state index contributed by atoms with van der Waals surface area (Å²) in [6, 6.07) is 18.8. The van der Waals surface area contributed by atoms with E-state index in [2.05, 4.69) is 5.32 Å². The molecule has 1 atom stereocenters. The highest BCUT2D eigenvalue weighted by atomic mass is 16.5. The number of ether oxygens (including phenoxy) is 1. The van der Waals surface area contributed by atoms with Crippen LogP contribution in [0.3, 0.4) is 0 Å². The van der Waals surface area contributed by atoms with Gasteiger partial charge in [-0.3, -0.25) is 4.79 Å². The summed E-state index contributed by atoms with van der Waals surface area (Å²) in [5, 5.41) is 16.0. The number of carbonyl (C=O) groups is 1. The van der Waals surface area contributed by atoms with Gasteiger partial charge in [-0.15, -0.1) is 0 Å². The van der Waals surface area contributed by atoms with Gasteiger partial charge in [0.25, 0.3) is 0 Å². The van der Waals surface area contributed by atoms with E-state index in [-0.39, 0.29) is 17.6 Å². The minimum absolute atomic E-state index is 0.0311. The van der Waals surface area contributed by atoms with E-state index in [4.69, 9.17) is 4.74 Å². The van der Waals surface area contributed by atoms with Crippen LogP contribution < -0.4 is 10.1 Å². The Morgan fingerprint density at radius 1 is 0.966 bits per heavy atom. The number of benzene rings is 3. The minimum atomic E-state index is -0.481. The lowest BCUT2D eigenvalue weighted by Crippen LogP contribution is -2.35. The Hall–Kier alpha value is -3.01. The van der Waals surface area contributed by atoms with Gasteiger partial charge in [-0.2, -0.15) is 0 Å². The molecule has 4 nitrogen and oxygen atoms in total. The van der Waals surface area contributed by atoms with E-state index in [0.717, 1.165) is 42.0 Å². The maximum atomic E-state index is 13.1. The quantitative estimate of drug-likeness (QED) is 0.619. The molecule has 1 saturated carbocycles. The largest absolute Gasteiger partial charge is 0.507 e. The van der Waals surface area contributed by atoms with Crippen molar-refractivity contribution in [2.75, 3.05) is 7.11 Å². The van der Waals surface area contributed by atoms with Crippen molar-refractivity contribution >= 4 is 16.7 Å². The number of methoxy groups -OCH3 is 1. The first-order valence-corrected chi connectivity index (χ1v) is 10.3. The van der Waals surface area contributed by atoms with Crippen LogP contribution in [-0.2, 0) is 4.79 Å². The third-order valence-corrected chi connectivity index (χ3v) is 5.96. The molecule has 150 valence electrons. The number of phenolic OH excluding ortho intramolecular Hbond substituents is 1. The molecule has 0 radical (unpaired) electrons. The van der Waals surface area contributed by atoms with E-state index in [9.17, 15) is 9.90 Å². The number of hydrogen-bond donors (Lipinski definition) is 2. The van der Waals surface area contributed by atoms with Crippen molar-refractivity contribution in [2.45, 2.75) is 38.1 Å². The zero-order valence-electron chi connectivity index (χ0n) is 16.7. The molecule has 0 heterocycles. The van der Waals surface area contributed by atoms with Crippen molar-refractivity contribution in [2.24, 2.45) is 5.92 Å². The molecule has 0 bridgehead atoms. The number of hydrogen-bond acceptors (Lipinski definition) is 3. The highest BCUT2D eigenvalue weighted by Crippen LogP contribution is 2.38. The van der Waals surface area contributed by atoms with Crippen molar-refractivity contribution < 1.29 is 14.6 Å². The van der Waals surface area contributed by atoms with E-state index in [1.165, 1.54) is 6.42 Å². The van der Waals surface area contributed by atoms with Crippen LogP contribution in [0.2, 0.25) is 0 Å². The Morgan fingerprint density at radius 2 is 1.69 bits per heavy atom. The molecule has 0 spiro atoms. The van der Waals surface area contributed by atoms with Crippen LogP contribution in [0.25, 0.3) is 10.8 Å². The Kier molecular flexibility index (Phi) is 5.70. The topological polar surface area (TPSA) is 58.6 Å². The van der Waals surface area contributed by atoms with Crippen molar-refractivity contribution in [1.82, 2.24) is 5.32 Å². The van der Waals surface area contributed by atoms with Gasteiger partial charge in [-0.25, -0.2) is 0 Å². The lowest BCUT2D eigenvalue weighted by atomic mass is 9.87. The zero-order valence-corrected chi connectivity index (χ0v) is 16.7. The Labute approximate surface area is 171 Å². The van der Waals surface area contributed by atoms with Gasteiger partial charge >= 0.3 is 0 Å². The van der Waals surface area contributed by atoms with Crippen LogP contribution in [0.4, 0.5) is 0 Å². The van der Waals surface area contributed by atoms with Crippen LogP contribution in [0.1, 0.15) is 49.3 Å². The summed E-state index contributed by atoms with van der Waals surface area (Å²) < 4.78 is 5.57. The van der Waals surface area contributed by atoms with Crippen molar-refractivity contribution in [3.63, 3.8) is 0 Å². The molecule has 4 rings (SSSR count). The molecular weight excluding hydrogens is 362 g/mol. The number of carbonyl (C=O) groups excluding carboxylic acids is 1. The second kappa shape index (κ2) is 8.56. The predicted molar refractivity (Wildman–Crippen MR) is 115 cm³/mol. The monoisotopic (exact) mass is 389 g/mol. The fraction of sp³-hybridized carbons (Fsp3) is 0.320. The average molecular weight is 389 g/mol. The molecule has 29 heavy (non-hydrogen) atoms. The fourth-order valence-corrected chi connectivity index (χ4v) is 4.36. The van der Waals surface area contributed by atoms with E-state index in [0.29, 0.717) is 11.3 Å².